The molecule has 3 heteroatoms. The van der Waals surface area contributed by atoms with Crippen LogP contribution in [-0.4, -0.2) is 38.1 Å². The first kappa shape index (κ1) is 11.8. The van der Waals surface area contributed by atoms with E-state index in [0.717, 1.165) is 6.42 Å². The summed E-state index contributed by atoms with van der Waals surface area (Å²) in [6, 6.07) is 0. The van der Waals surface area contributed by atoms with Gasteiger partial charge in [-0.3, -0.25) is 0 Å². The summed E-state index contributed by atoms with van der Waals surface area (Å²) in [5.74, 6) is -2.49. The fraction of sp³-hybridized carbons (Fsp3) is 1.00. The van der Waals surface area contributed by atoms with Crippen LogP contribution in [0.3, 0.4) is 0 Å². The maximum Gasteiger partial charge on any atom is 0.295 e. The number of hydrogen-bond donors (Lipinski definition) is 0. The van der Waals surface area contributed by atoms with Gasteiger partial charge < -0.3 is 4.48 Å². The van der Waals surface area contributed by atoms with Gasteiger partial charge in [0.1, 0.15) is 6.54 Å². The van der Waals surface area contributed by atoms with E-state index in [4.69, 9.17) is 0 Å². The van der Waals surface area contributed by atoms with Gasteiger partial charge in [-0.15, -0.1) is 0 Å². The minimum Gasteiger partial charge on any atom is -0.326 e. The minimum absolute atomic E-state index is 0.0268. The lowest BCUT2D eigenvalue weighted by Gasteiger charge is -2.28. The monoisotopic (exact) mass is 180 g/mol. The number of rotatable bonds is 5. The van der Waals surface area contributed by atoms with Crippen molar-refractivity contribution in [3.05, 3.63) is 0 Å². The van der Waals surface area contributed by atoms with Crippen molar-refractivity contribution >= 4 is 0 Å². The van der Waals surface area contributed by atoms with E-state index < -0.39 is 5.92 Å². The van der Waals surface area contributed by atoms with Crippen LogP contribution in [-0.2, 0) is 0 Å². The molecule has 0 fully saturated rings. The Balaban J connectivity index is 3.86. The van der Waals surface area contributed by atoms with Crippen LogP contribution in [0.4, 0.5) is 8.78 Å². The third-order valence-electron chi connectivity index (χ3n) is 1.60. The van der Waals surface area contributed by atoms with Crippen LogP contribution < -0.4 is 0 Å². The lowest BCUT2D eigenvalue weighted by molar-refractivity contribution is -0.878. The summed E-state index contributed by atoms with van der Waals surface area (Å²) in [6.07, 6.45) is 1.48. The Hall–Kier alpha value is -0.180. The van der Waals surface area contributed by atoms with E-state index in [0.29, 0.717) is 10.9 Å². The predicted molar refractivity (Wildman–Crippen MR) is 47.4 cm³/mol. The van der Waals surface area contributed by atoms with Crippen molar-refractivity contribution in [2.75, 3.05) is 27.7 Å². The van der Waals surface area contributed by atoms with Crippen molar-refractivity contribution < 1.29 is 13.3 Å². The molecule has 0 spiro atoms. The van der Waals surface area contributed by atoms with E-state index in [-0.39, 0.29) is 13.0 Å². The Morgan fingerprint density at radius 2 is 1.67 bits per heavy atom. The highest BCUT2D eigenvalue weighted by Crippen LogP contribution is 2.23. The molecule has 0 aliphatic heterocycles. The lowest BCUT2D eigenvalue weighted by atomic mass is 10.1. The third kappa shape index (κ3) is 6.53. The maximum absolute atomic E-state index is 13.1. The Morgan fingerprint density at radius 3 is 2.00 bits per heavy atom. The van der Waals surface area contributed by atoms with Crippen LogP contribution >= 0.6 is 0 Å². The molecule has 12 heavy (non-hydrogen) atoms. The third-order valence-corrected chi connectivity index (χ3v) is 1.60. The van der Waals surface area contributed by atoms with Crippen molar-refractivity contribution in [3.63, 3.8) is 0 Å². The van der Waals surface area contributed by atoms with Crippen LogP contribution in [0.25, 0.3) is 0 Å². The van der Waals surface area contributed by atoms with Crippen molar-refractivity contribution in [3.8, 4) is 0 Å². The average molecular weight is 180 g/mol. The molecule has 0 radical (unpaired) electrons. The standard InChI is InChI=1S/C9H20F2N/c1-5-6-7-9(10,11)8-12(2,3)4/h5-8H2,1-4H3/q+1. The lowest BCUT2D eigenvalue weighted by Crippen LogP contribution is -2.44. The van der Waals surface area contributed by atoms with E-state index >= 15 is 0 Å². The first-order valence-electron chi connectivity index (χ1n) is 4.45. The summed E-state index contributed by atoms with van der Waals surface area (Å²) in [7, 11) is 5.37. The molecular weight excluding hydrogens is 160 g/mol. The van der Waals surface area contributed by atoms with Gasteiger partial charge >= 0.3 is 0 Å². The molecule has 0 aliphatic carbocycles. The summed E-state index contributed by atoms with van der Waals surface area (Å²) < 4.78 is 26.5. The second-order valence-electron chi connectivity index (χ2n) is 4.41. The quantitative estimate of drug-likeness (QED) is 0.570. The second-order valence-corrected chi connectivity index (χ2v) is 4.41. The fourth-order valence-electron chi connectivity index (χ4n) is 1.21. The van der Waals surface area contributed by atoms with Gasteiger partial charge in [0.25, 0.3) is 5.92 Å². The van der Waals surface area contributed by atoms with Crippen LogP contribution in [0, 0.1) is 0 Å². The number of quaternary nitrogens is 1. The van der Waals surface area contributed by atoms with E-state index in [1.54, 1.807) is 21.1 Å². The van der Waals surface area contributed by atoms with Gasteiger partial charge in [0, 0.05) is 6.42 Å². The van der Waals surface area contributed by atoms with Crippen LogP contribution in [0.15, 0.2) is 0 Å². The predicted octanol–water partition coefficient (Wildman–Crippen LogP) is 2.52. The van der Waals surface area contributed by atoms with Crippen molar-refractivity contribution in [1.29, 1.82) is 0 Å². The molecule has 0 rings (SSSR count). The van der Waals surface area contributed by atoms with Gasteiger partial charge in [-0.1, -0.05) is 13.3 Å². The average Bonchev–Trinajstić information content (AvgIpc) is 1.78. The summed E-state index contributed by atoms with van der Waals surface area (Å²) in [6.45, 7) is 1.87. The maximum atomic E-state index is 13.1. The fourth-order valence-corrected chi connectivity index (χ4v) is 1.21. The van der Waals surface area contributed by atoms with E-state index in [1.807, 2.05) is 6.92 Å². The smallest absolute Gasteiger partial charge is 0.295 e. The summed E-state index contributed by atoms with van der Waals surface area (Å²) >= 11 is 0. The normalized spacial score (nSPS) is 13.5. The zero-order valence-electron chi connectivity index (χ0n) is 8.53. The van der Waals surface area contributed by atoms with Gasteiger partial charge in [-0.2, -0.15) is 0 Å². The zero-order valence-corrected chi connectivity index (χ0v) is 8.53. The second kappa shape index (κ2) is 4.17. The molecule has 0 saturated carbocycles. The molecule has 1 nitrogen and oxygen atoms in total. The molecule has 0 saturated heterocycles. The number of halogens is 2. The van der Waals surface area contributed by atoms with Crippen LogP contribution in [0.2, 0.25) is 0 Å². The Kier molecular flexibility index (Phi) is 4.11. The Morgan fingerprint density at radius 1 is 1.17 bits per heavy atom. The molecule has 0 amide bonds. The van der Waals surface area contributed by atoms with Gasteiger partial charge in [-0.25, -0.2) is 8.78 Å². The molecule has 0 atom stereocenters. The van der Waals surface area contributed by atoms with E-state index in [9.17, 15) is 8.78 Å². The first-order chi connectivity index (χ1) is 5.27. The Bertz CT molecular complexity index is 127. The topological polar surface area (TPSA) is 0 Å². The molecule has 0 aromatic carbocycles. The molecule has 0 heterocycles. The summed E-state index contributed by atoms with van der Waals surface area (Å²) in [5, 5.41) is 0. The molecule has 0 aliphatic rings. The number of unbranched alkanes of at least 4 members (excludes halogenated alkanes) is 1. The molecule has 0 bridgehead atoms. The molecule has 0 aromatic heterocycles. The summed E-state index contributed by atoms with van der Waals surface area (Å²) in [4.78, 5) is 0. The zero-order chi connectivity index (χ0) is 9.83. The number of alkyl halides is 2. The largest absolute Gasteiger partial charge is 0.326 e. The van der Waals surface area contributed by atoms with Crippen molar-refractivity contribution in [2.45, 2.75) is 32.1 Å². The van der Waals surface area contributed by atoms with Gasteiger partial charge in [0.05, 0.1) is 21.1 Å². The SMILES string of the molecule is CCCCC(F)(F)C[N+](C)(C)C. The molecule has 74 valence electrons. The molecule has 0 unspecified atom stereocenters. The minimum atomic E-state index is -2.49. The highest BCUT2D eigenvalue weighted by molar-refractivity contribution is 4.64. The van der Waals surface area contributed by atoms with Crippen molar-refractivity contribution in [1.82, 2.24) is 0 Å². The first-order valence-corrected chi connectivity index (χ1v) is 4.45. The highest BCUT2D eigenvalue weighted by Gasteiger charge is 2.34. The summed E-state index contributed by atoms with van der Waals surface area (Å²) in [5.41, 5.74) is 0. The van der Waals surface area contributed by atoms with Crippen LogP contribution in [0.5, 0.6) is 0 Å². The number of nitrogens with zero attached hydrogens (tertiary/aromatic N) is 1. The molecular formula is C9H20F2N+. The Labute approximate surface area is 74.0 Å². The van der Waals surface area contributed by atoms with Gasteiger partial charge in [-0.05, 0) is 6.42 Å². The molecule has 0 aromatic rings. The number of hydrogen-bond acceptors (Lipinski definition) is 0. The van der Waals surface area contributed by atoms with Gasteiger partial charge in [0.2, 0.25) is 0 Å². The van der Waals surface area contributed by atoms with Gasteiger partial charge in [0.15, 0.2) is 0 Å². The van der Waals surface area contributed by atoms with E-state index in [2.05, 4.69) is 0 Å². The molecule has 0 N–H and O–H groups in total. The van der Waals surface area contributed by atoms with Crippen molar-refractivity contribution in [2.24, 2.45) is 0 Å². The van der Waals surface area contributed by atoms with E-state index in [1.165, 1.54) is 0 Å². The highest BCUT2D eigenvalue weighted by atomic mass is 19.3. The van der Waals surface area contributed by atoms with Crippen LogP contribution in [0.1, 0.15) is 26.2 Å².